The minimum absolute atomic E-state index is 0.0575. The topological polar surface area (TPSA) is 42.1 Å². The number of thiazole rings is 1. The zero-order valence-electron chi connectivity index (χ0n) is 16.3. The zero-order valence-corrected chi connectivity index (χ0v) is 18.7. The summed E-state index contributed by atoms with van der Waals surface area (Å²) in [6.07, 6.45) is 3.99. The minimum atomic E-state index is 0.0575. The molecule has 6 heteroatoms. The monoisotopic (exact) mass is 455 g/mol. The molecule has 2 aliphatic carbocycles. The number of fused-ring (bicyclic) bond motifs is 6. The first-order valence-electron chi connectivity index (χ1n) is 10.5. The van der Waals surface area contributed by atoms with Crippen molar-refractivity contribution in [3.63, 3.8) is 0 Å². The average Bonchev–Trinajstić information content (AvgIpc) is 3.45. The van der Waals surface area contributed by atoms with Crippen molar-refractivity contribution >= 4 is 34.7 Å². The van der Waals surface area contributed by atoms with Gasteiger partial charge in [0.15, 0.2) is 0 Å². The summed E-state index contributed by atoms with van der Waals surface area (Å²) in [4.78, 5) is 16.7. The number of H-pyrrole nitrogens is 1. The van der Waals surface area contributed by atoms with E-state index in [9.17, 15) is 4.79 Å². The number of benzene rings is 2. The van der Waals surface area contributed by atoms with Crippen LogP contribution in [0.1, 0.15) is 41.2 Å². The van der Waals surface area contributed by atoms with E-state index in [-0.39, 0.29) is 10.8 Å². The number of hydrogen-bond acceptors (Lipinski definition) is 4. The molecule has 0 radical (unpaired) electrons. The molecule has 2 aromatic carbocycles. The summed E-state index contributed by atoms with van der Waals surface area (Å²) in [5, 5.41) is 2.42. The summed E-state index contributed by atoms with van der Waals surface area (Å²) in [7, 11) is 0. The largest absolute Gasteiger partial charge is 0.489 e. The summed E-state index contributed by atoms with van der Waals surface area (Å²) < 4.78 is 6.33. The Morgan fingerprint density at radius 3 is 2.87 bits per heavy atom. The maximum Gasteiger partial charge on any atom is 0.305 e. The standard InChI is InChI=1S/C24H22ClNO2S2/c25-16-5-3-4-13(10-16)12-28-18-7-2-1-6-17(18)20-19-14-8-9-15(11-14)21(19)29-23-22(20)30-24(27)26-23/h1-7,10,14-15,19-21H,8-9,11-12H2,(H,26,27)/t14?,15?,19?,20-,21?/m1/s1. The Morgan fingerprint density at radius 2 is 1.97 bits per heavy atom. The lowest BCUT2D eigenvalue weighted by atomic mass is 9.74. The molecule has 0 spiro atoms. The number of rotatable bonds is 4. The van der Waals surface area contributed by atoms with Crippen molar-refractivity contribution in [3.8, 4) is 5.75 Å². The van der Waals surface area contributed by atoms with Crippen molar-refractivity contribution < 1.29 is 4.74 Å². The maximum absolute atomic E-state index is 12.3. The molecule has 154 valence electrons. The number of halogens is 1. The highest BCUT2D eigenvalue weighted by Crippen LogP contribution is 2.64. The fourth-order valence-corrected chi connectivity index (χ4v) is 8.95. The molecule has 1 N–H and O–H groups in total. The van der Waals surface area contributed by atoms with Crippen molar-refractivity contribution in [1.29, 1.82) is 0 Å². The van der Waals surface area contributed by atoms with E-state index >= 15 is 0 Å². The molecule has 0 amide bonds. The Kier molecular flexibility index (Phi) is 4.74. The molecular weight excluding hydrogens is 434 g/mol. The van der Waals surface area contributed by atoms with Crippen LogP contribution in [0.25, 0.3) is 0 Å². The highest BCUT2D eigenvalue weighted by molar-refractivity contribution is 8.00. The molecule has 3 aliphatic rings. The summed E-state index contributed by atoms with van der Waals surface area (Å²) in [6, 6.07) is 16.2. The van der Waals surface area contributed by atoms with E-state index in [1.54, 1.807) is 0 Å². The second kappa shape index (κ2) is 7.47. The lowest BCUT2D eigenvalue weighted by Gasteiger charge is -2.40. The quantitative estimate of drug-likeness (QED) is 0.500. The molecule has 6 rings (SSSR count). The van der Waals surface area contributed by atoms with Crippen LogP contribution in [0.4, 0.5) is 0 Å². The van der Waals surface area contributed by atoms with Gasteiger partial charge in [-0.25, -0.2) is 0 Å². The molecule has 5 atom stereocenters. The third-order valence-electron chi connectivity index (χ3n) is 7.00. The lowest BCUT2D eigenvalue weighted by molar-refractivity contribution is 0.280. The second-order valence-electron chi connectivity index (χ2n) is 8.64. The van der Waals surface area contributed by atoms with Crippen LogP contribution in [-0.4, -0.2) is 10.2 Å². The van der Waals surface area contributed by atoms with Gasteiger partial charge in [-0.2, -0.15) is 0 Å². The highest BCUT2D eigenvalue weighted by atomic mass is 35.5. The maximum atomic E-state index is 12.3. The number of para-hydroxylation sites is 1. The van der Waals surface area contributed by atoms with Gasteiger partial charge in [0.1, 0.15) is 12.4 Å². The third-order valence-corrected chi connectivity index (χ3v) is 9.86. The second-order valence-corrected chi connectivity index (χ2v) is 11.3. The number of aromatic amines is 1. The first kappa shape index (κ1) is 19.0. The van der Waals surface area contributed by atoms with Crippen LogP contribution in [0.2, 0.25) is 5.02 Å². The highest BCUT2D eigenvalue weighted by Gasteiger charge is 2.55. The molecule has 2 saturated carbocycles. The fraction of sp³-hybridized carbons (Fsp3) is 0.375. The van der Waals surface area contributed by atoms with Crippen molar-refractivity contribution in [2.75, 3.05) is 0 Å². The van der Waals surface area contributed by atoms with E-state index in [1.165, 1.54) is 41.0 Å². The zero-order chi connectivity index (χ0) is 20.2. The van der Waals surface area contributed by atoms with Gasteiger partial charge in [0.05, 0.1) is 5.03 Å². The van der Waals surface area contributed by atoms with Crippen LogP contribution in [-0.2, 0) is 6.61 Å². The lowest BCUT2D eigenvalue weighted by Crippen LogP contribution is -2.33. The van der Waals surface area contributed by atoms with E-state index in [1.807, 2.05) is 42.1 Å². The van der Waals surface area contributed by atoms with Crippen molar-refractivity contribution in [3.05, 3.63) is 79.2 Å². The first-order valence-corrected chi connectivity index (χ1v) is 12.6. The van der Waals surface area contributed by atoms with Gasteiger partial charge < -0.3 is 9.72 Å². The van der Waals surface area contributed by atoms with Crippen LogP contribution in [0, 0.1) is 17.8 Å². The van der Waals surface area contributed by atoms with E-state index in [2.05, 4.69) is 23.2 Å². The molecule has 2 fully saturated rings. The van der Waals surface area contributed by atoms with Gasteiger partial charge in [0, 0.05) is 26.6 Å². The normalized spacial score (nSPS) is 28.9. The summed E-state index contributed by atoms with van der Waals surface area (Å²) in [5.74, 6) is 3.28. The first-order chi connectivity index (χ1) is 14.7. The fourth-order valence-electron chi connectivity index (χ4n) is 5.85. The van der Waals surface area contributed by atoms with Crippen LogP contribution in [0.3, 0.4) is 0 Å². The van der Waals surface area contributed by atoms with E-state index in [0.717, 1.165) is 33.2 Å². The van der Waals surface area contributed by atoms with Crippen molar-refractivity contribution in [2.24, 2.45) is 17.8 Å². The molecule has 4 unspecified atom stereocenters. The summed E-state index contributed by atoms with van der Waals surface area (Å²) in [5.41, 5.74) is 2.28. The molecule has 3 aromatic rings. The Hall–Kier alpha value is -1.69. The molecule has 30 heavy (non-hydrogen) atoms. The van der Waals surface area contributed by atoms with E-state index in [4.69, 9.17) is 16.3 Å². The number of hydrogen-bond donors (Lipinski definition) is 1. The van der Waals surface area contributed by atoms with Crippen LogP contribution in [0.15, 0.2) is 58.4 Å². The number of aromatic nitrogens is 1. The summed E-state index contributed by atoms with van der Waals surface area (Å²) >= 11 is 9.46. The summed E-state index contributed by atoms with van der Waals surface area (Å²) in [6.45, 7) is 0.482. The smallest absolute Gasteiger partial charge is 0.305 e. The Labute approximate surface area is 188 Å². The van der Waals surface area contributed by atoms with Crippen LogP contribution >= 0.6 is 34.7 Å². The molecule has 3 nitrogen and oxygen atoms in total. The van der Waals surface area contributed by atoms with Gasteiger partial charge in [0.2, 0.25) is 0 Å². The van der Waals surface area contributed by atoms with E-state index < -0.39 is 0 Å². The van der Waals surface area contributed by atoms with Gasteiger partial charge in [-0.1, -0.05) is 53.3 Å². The molecule has 1 aromatic heterocycles. The molecule has 0 saturated heterocycles. The van der Waals surface area contributed by atoms with Crippen LogP contribution < -0.4 is 9.61 Å². The Morgan fingerprint density at radius 1 is 1.10 bits per heavy atom. The Balaban J connectivity index is 1.40. The van der Waals surface area contributed by atoms with Gasteiger partial charge in [0.25, 0.3) is 0 Å². The third kappa shape index (κ3) is 3.14. The van der Waals surface area contributed by atoms with Gasteiger partial charge >= 0.3 is 4.87 Å². The predicted molar refractivity (Wildman–Crippen MR) is 123 cm³/mol. The van der Waals surface area contributed by atoms with Crippen LogP contribution in [0.5, 0.6) is 5.75 Å². The van der Waals surface area contributed by atoms with Gasteiger partial charge in [-0.15, -0.1) is 11.8 Å². The Bertz CT molecular complexity index is 1160. The number of ether oxygens (including phenoxy) is 1. The molecule has 2 heterocycles. The average molecular weight is 456 g/mol. The number of nitrogens with one attached hydrogen (secondary N) is 1. The SMILES string of the molecule is O=c1[nH]c2c(s1)[C@H](c1ccccc1OCc1cccc(Cl)c1)C1C3CCC(C3)C1S2. The predicted octanol–water partition coefficient (Wildman–Crippen LogP) is 6.32. The van der Waals surface area contributed by atoms with Crippen molar-refractivity contribution in [2.45, 2.75) is 42.1 Å². The van der Waals surface area contributed by atoms with Gasteiger partial charge in [-0.3, -0.25) is 4.79 Å². The van der Waals surface area contributed by atoms with Crippen molar-refractivity contribution in [1.82, 2.24) is 4.98 Å². The molecule has 1 aliphatic heterocycles. The van der Waals surface area contributed by atoms with Gasteiger partial charge in [-0.05, 0) is 60.8 Å². The van der Waals surface area contributed by atoms with E-state index in [0.29, 0.717) is 17.8 Å². The molecular formula is C24H22ClNO2S2. The minimum Gasteiger partial charge on any atom is -0.489 e. The number of thioether (sulfide) groups is 1. The molecule has 2 bridgehead atoms.